The van der Waals surface area contributed by atoms with E-state index in [2.05, 4.69) is 27.7 Å². The highest BCUT2D eigenvalue weighted by molar-refractivity contribution is 5.75. The lowest BCUT2D eigenvalue weighted by Gasteiger charge is -2.44. The summed E-state index contributed by atoms with van der Waals surface area (Å²) in [6, 6.07) is -0.0428. The minimum absolute atomic E-state index is 0.0428. The summed E-state index contributed by atoms with van der Waals surface area (Å²) in [6.07, 6.45) is 3.25. The zero-order chi connectivity index (χ0) is 15.6. The number of likely N-dealkylation sites (tertiary alicyclic amines) is 1. The molecule has 1 aliphatic rings. The minimum atomic E-state index is -0.238. The standard InChI is InChI=1S/C16H29NO3/c1-12(18)17-11-16(4,5)10-15(2,3)8-7-13(17)9-14(19)20-6/h13H,7-11H2,1-6H3. The van der Waals surface area contributed by atoms with Gasteiger partial charge in [0.15, 0.2) is 0 Å². The van der Waals surface area contributed by atoms with Crippen LogP contribution in [0.25, 0.3) is 0 Å². The zero-order valence-corrected chi connectivity index (χ0v) is 13.8. The molecule has 0 radical (unpaired) electrons. The summed E-state index contributed by atoms with van der Waals surface area (Å²) >= 11 is 0. The van der Waals surface area contributed by atoms with Crippen LogP contribution in [0, 0.1) is 10.8 Å². The summed E-state index contributed by atoms with van der Waals surface area (Å²) in [5, 5.41) is 0. The molecule has 1 heterocycles. The van der Waals surface area contributed by atoms with E-state index in [4.69, 9.17) is 4.74 Å². The van der Waals surface area contributed by atoms with Gasteiger partial charge < -0.3 is 9.64 Å². The highest BCUT2D eigenvalue weighted by atomic mass is 16.5. The Morgan fingerprint density at radius 1 is 1.20 bits per heavy atom. The van der Waals surface area contributed by atoms with Crippen LogP contribution in [0.5, 0.6) is 0 Å². The SMILES string of the molecule is COC(=O)CC1CCC(C)(C)CC(C)(C)CN1C(C)=O. The first kappa shape index (κ1) is 17.0. The van der Waals surface area contributed by atoms with E-state index in [0.717, 1.165) is 19.3 Å². The third kappa shape index (κ3) is 4.80. The lowest BCUT2D eigenvalue weighted by atomic mass is 9.70. The van der Waals surface area contributed by atoms with Crippen molar-refractivity contribution in [1.82, 2.24) is 4.90 Å². The van der Waals surface area contributed by atoms with Crippen molar-refractivity contribution < 1.29 is 14.3 Å². The molecule has 1 saturated heterocycles. The van der Waals surface area contributed by atoms with Crippen molar-refractivity contribution in [2.24, 2.45) is 10.8 Å². The largest absolute Gasteiger partial charge is 0.469 e. The molecule has 1 aliphatic heterocycles. The second kappa shape index (κ2) is 6.15. The highest BCUT2D eigenvalue weighted by Gasteiger charge is 2.37. The first-order valence-corrected chi connectivity index (χ1v) is 7.40. The molecule has 1 fully saturated rings. The van der Waals surface area contributed by atoms with Gasteiger partial charge in [-0.15, -0.1) is 0 Å². The fourth-order valence-electron chi connectivity index (χ4n) is 3.60. The fraction of sp³-hybridized carbons (Fsp3) is 0.875. The van der Waals surface area contributed by atoms with E-state index < -0.39 is 0 Å². The predicted octanol–water partition coefficient (Wildman–Crippen LogP) is 3.00. The number of carbonyl (C=O) groups is 2. The van der Waals surface area contributed by atoms with Crippen LogP contribution in [-0.2, 0) is 14.3 Å². The number of hydrogen-bond donors (Lipinski definition) is 0. The Morgan fingerprint density at radius 2 is 1.80 bits per heavy atom. The second-order valence-corrected chi connectivity index (χ2v) is 7.62. The van der Waals surface area contributed by atoms with Gasteiger partial charge in [0.1, 0.15) is 0 Å². The Balaban J connectivity index is 2.98. The van der Waals surface area contributed by atoms with Crippen molar-refractivity contribution >= 4 is 11.9 Å². The molecule has 4 heteroatoms. The van der Waals surface area contributed by atoms with Crippen molar-refractivity contribution in [3.63, 3.8) is 0 Å². The van der Waals surface area contributed by atoms with E-state index in [-0.39, 0.29) is 28.7 Å². The number of esters is 1. The normalized spacial score (nSPS) is 25.5. The summed E-state index contributed by atoms with van der Waals surface area (Å²) in [5.74, 6) is -0.191. The smallest absolute Gasteiger partial charge is 0.307 e. The topological polar surface area (TPSA) is 46.6 Å². The number of nitrogens with zero attached hydrogens (tertiary/aromatic N) is 1. The van der Waals surface area contributed by atoms with E-state index in [1.807, 2.05) is 4.90 Å². The molecular formula is C16H29NO3. The molecule has 0 N–H and O–H groups in total. The van der Waals surface area contributed by atoms with Crippen LogP contribution in [0.1, 0.15) is 60.3 Å². The first-order valence-electron chi connectivity index (χ1n) is 7.40. The predicted molar refractivity (Wildman–Crippen MR) is 79.2 cm³/mol. The molecule has 0 aromatic rings. The van der Waals surface area contributed by atoms with Gasteiger partial charge in [-0.25, -0.2) is 0 Å². The summed E-state index contributed by atoms with van der Waals surface area (Å²) in [6.45, 7) is 11.2. The van der Waals surface area contributed by atoms with Crippen molar-refractivity contribution in [3.05, 3.63) is 0 Å². The van der Waals surface area contributed by atoms with Crippen LogP contribution in [0.4, 0.5) is 0 Å². The number of methoxy groups -OCH3 is 1. The van der Waals surface area contributed by atoms with Crippen LogP contribution >= 0.6 is 0 Å². The molecule has 0 saturated carbocycles. The molecule has 1 rings (SSSR count). The Bertz CT molecular complexity index is 374. The van der Waals surface area contributed by atoms with Crippen LogP contribution < -0.4 is 0 Å². The zero-order valence-electron chi connectivity index (χ0n) is 13.8. The molecule has 0 bridgehead atoms. The van der Waals surface area contributed by atoms with Crippen molar-refractivity contribution in [3.8, 4) is 0 Å². The second-order valence-electron chi connectivity index (χ2n) is 7.62. The third-order valence-corrected chi connectivity index (χ3v) is 4.19. The first-order chi connectivity index (χ1) is 9.06. The lowest BCUT2D eigenvalue weighted by molar-refractivity contribution is -0.145. The number of carbonyl (C=O) groups excluding carboxylic acids is 2. The quantitative estimate of drug-likeness (QED) is 0.732. The maximum atomic E-state index is 12.0. The average Bonchev–Trinajstić information content (AvgIpc) is 2.28. The van der Waals surface area contributed by atoms with E-state index in [0.29, 0.717) is 13.0 Å². The van der Waals surface area contributed by atoms with Crippen LogP contribution in [0.3, 0.4) is 0 Å². The van der Waals surface area contributed by atoms with Crippen molar-refractivity contribution in [1.29, 1.82) is 0 Å². The Kier molecular flexibility index (Phi) is 5.22. The molecule has 20 heavy (non-hydrogen) atoms. The number of amides is 1. The molecule has 0 aromatic heterocycles. The summed E-state index contributed by atoms with van der Waals surface area (Å²) < 4.78 is 4.78. The highest BCUT2D eigenvalue weighted by Crippen LogP contribution is 2.41. The monoisotopic (exact) mass is 283 g/mol. The van der Waals surface area contributed by atoms with Crippen LogP contribution in [0.2, 0.25) is 0 Å². The van der Waals surface area contributed by atoms with E-state index in [1.54, 1.807) is 6.92 Å². The Labute approximate surface area is 122 Å². The van der Waals surface area contributed by atoms with Crippen LogP contribution in [0.15, 0.2) is 0 Å². The van der Waals surface area contributed by atoms with E-state index >= 15 is 0 Å². The van der Waals surface area contributed by atoms with Gasteiger partial charge in [-0.05, 0) is 30.1 Å². The molecule has 1 unspecified atom stereocenters. The molecule has 1 amide bonds. The van der Waals surface area contributed by atoms with Gasteiger partial charge in [0.25, 0.3) is 0 Å². The molecule has 0 aliphatic carbocycles. The Hall–Kier alpha value is -1.06. The fourth-order valence-corrected chi connectivity index (χ4v) is 3.60. The van der Waals surface area contributed by atoms with E-state index in [9.17, 15) is 9.59 Å². The van der Waals surface area contributed by atoms with Crippen molar-refractivity contribution in [2.45, 2.75) is 66.3 Å². The molecule has 0 aromatic carbocycles. The molecule has 0 spiro atoms. The van der Waals surface area contributed by atoms with Crippen LogP contribution in [-0.4, -0.2) is 36.5 Å². The van der Waals surface area contributed by atoms with Gasteiger partial charge in [-0.1, -0.05) is 27.7 Å². The van der Waals surface area contributed by atoms with Gasteiger partial charge in [0.05, 0.1) is 13.5 Å². The van der Waals surface area contributed by atoms with Crippen molar-refractivity contribution in [2.75, 3.05) is 13.7 Å². The molecule has 1 atom stereocenters. The maximum Gasteiger partial charge on any atom is 0.307 e. The van der Waals surface area contributed by atoms with Gasteiger partial charge in [0, 0.05) is 19.5 Å². The lowest BCUT2D eigenvalue weighted by Crippen LogP contribution is -2.48. The van der Waals surface area contributed by atoms with Gasteiger partial charge in [0.2, 0.25) is 5.91 Å². The van der Waals surface area contributed by atoms with E-state index in [1.165, 1.54) is 7.11 Å². The van der Waals surface area contributed by atoms with Gasteiger partial charge >= 0.3 is 5.97 Å². The van der Waals surface area contributed by atoms with Gasteiger partial charge in [-0.2, -0.15) is 0 Å². The molecular weight excluding hydrogens is 254 g/mol. The maximum absolute atomic E-state index is 12.0. The number of hydrogen-bond acceptors (Lipinski definition) is 3. The van der Waals surface area contributed by atoms with Gasteiger partial charge in [-0.3, -0.25) is 9.59 Å². The number of ether oxygens (including phenoxy) is 1. The number of rotatable bonds is 2. The average molecular weight is 283 g/mol. The Morgan fingerprint density at radius 3 is 2.30 bits per heavy atom. The third-order valence-electron chi connectivity index (χ3n) is 4.19. The molecule has 4 nitrogen and oxygen atoms in total. The summed E-state index contributed by atoms with van der Waals surface area (Å²) in [7, 11) is 1.40. The summed E-state index contributed by atoms with van der Waals surface area (Å²) in [4.78, 5) is 25.4. The molecule has 116 valence electrons. The minimum Gasteiger partial charge on any atom is -0.469 e. The summed E-state index contributed by atoms with van der Waals surface area (Å²) in [5.41, 5.74) is 0.296.